The second-order valence-electron chi connectivity index (χ2n) is 7.25. The molecule has 2 heterocycles. The van der Waals surface area contributed by atoms with E-state index in [0.29, 0.717) is 24.7 Å². The molecule has 0 spiro atoms. The highest BCUT2D eigenvalue weighted by Crippen LogP contribution is 2.18. The molecule has 0 aliphatic heterocycles. The number of H-pyrrole nitrogens is 1. The first kappa shape index (κ1) is 21.6. The number of aromatic nitrogens is 4. The van der Waals surface area contributed by atoms with Crippen LogP contribution in [0.2, 0.25) is 0 Å². The molecular weight excluding hydrogens is 390 g/mol. The topological polar surface area (TPSA) is 134 Å². The lowest BCUT2D eigenvalue weighted by Crippen LogP contribution is -2.31. The fourth-order valence-corrected chi connectivity index (χ4v) is 3.09. The van der Waals surface area contributed by atoms with Crippen molar-refractivity contribution in [3.63, 3.8) is 0 Å². The van der Waals surface area contributed by atoms with E-state index in [4.69, 9.17) is 9.84 Å². The summed E-state index contributed by atoms with van der Waals surface area (Å²) in [4.78, 5) is 31.0. The summed E-state index contributed by atoms with van der Waals surface area (Å²) < 4.78 is 8.46. The second kappa shape index (κ2) is 9.14. The zero-order valence-electron chi connectivity index (χ0n) is 17.3. The quantitative estimate of drug-likeness (QED) is 0.367. The number of aromatic amines is 1. The van der Waals surface area contributed by atoms with Crippen molar-refractivity contribution in [1.29, 1.82) is 0 Å². The molecule has 30 heavy (non-hydrogen) atoms. The Morgan fingerprint density at radius 3 is 2.73 bits per heavy atom. The smallest absolute Gasteiger partial charge is 0.329 e. The minimum absolute atomic E-state index is 0.00126. The highest BCUT2D eigenvalue weighted by atomic mass is 16.5. The highest BCUT2D eigenvalue weighted by molar-refractivity contribution is 5.74. The lowest BCUT2D eigenvalue weighted by atomic mass is 10.1. The summed E-state index contributed by atoms with van der Waals surface area (Å²) in [7, 11) is 1.51. The van der Waals surface area contributed by atoms with Crippen LogP contribution in [0.4, 0.5) is 5.95 Å². The van der Waals surface area contributed by atoms with Crippen LogP contribution in [0.25, 0.3) is 11.2 Å². The standard InChI is InChI=1S/C20H27N5O5/c1-12-5-6-15(9-13(12)2)30-11-14(27)10-25-16-17(22-19(25)21-7-4-8-26)24(3)20(29)23-18(16)28/h5-6,9,14,26-27H,4,7-8,10-11H2,1-3H3,(H,21,22)(H,23,28,29). The van der Waals surface area contributed by atoms with Crippen LogP contribution in [0.3, 0.4) is 0 Å². The second-order valence-corrected chi connectivity index (χ2v) is 7.25. The Bertz CT molecular complexity index is 1150. The van der Waals surface area contributed by atoms with Gasteiger partial charge in [0.1, 0.15) is 18.5 Å². The van der Waals surface area contributed by atoms with E-state index in [0.717, 1.165) is 11.1 Å². The third kappa shape index (κ3) is 4.55. The summed E-state index contributed by atoms with van der Waals surface area (Å²) in [6, 6.07) is 5.69. The van der Waals surface area contributed by atoms with Gasteiger partial charge in [-0.3, -0.25) is 14.3 Å². The number of nitrogens with one attached hydrogen (secondary N) is 2. The first-order valence-electron chi connectivity index (χ1n) is 9.74. The monoisotopic (exact) mass is 417 g/mol. The molecule has 0 fully saturated rings. The molecule has 0 radical (unpaired) electrons. The number of anilines is 1. The summed E-state index contributed by atoms with van der Waals surface area (Å²) in [5, 5.41) is 22.6. The van der Waals surface area contributed by atoms with Crippen LogP contribution >= 0.6 is 0 Å². The number of aliphatic hydroxyl groups is 2. The molecule has 0 saturated heterocycles. The van der Waals surface area contributed by atoms with Crippen LogP contribution in [0.15, 0.2) is 27.8 Å². The number of nitrogens with zero attached hydrogens (tertiary/aromatic N) is 3. The van der Waals surface area contributed by atoms with Gasteiger partial charge in [-0.05, 0) is 43.5 Å². The van der Waals surface area contributed by atoms with Crippen molar-refractivity contribution in [3.05, 3.63) is 50.2 Å². The van der Waals surface area contributed by atoms with Crippen molar-refractivity contribution in [2.45, 2.75) is 32.9 Å². The molecule has 10 nitrogen and oxygen atoms in total. The van der Waals surface area contributed by atoms with Crippen molar-refractivity contribution in [2.75, 3.05) is 25.1 Å². The molecule has 1 atom stereocenters. The molecule has 0 saturated carbocycles. The Balaban J connectivity index is 1.86. The number of aryl methyl sites for hydroxylation is 3. The number of fused-ring (bicyclic) bond motifs is 1. The minimum atomic E-state index is -0.931. The van der Waals surface area contributed by atoms with Crippen LogP contribution in [0.1, 0.15) is 17.5 Å². The van der Waals surface area contributed by atoms with Crippen LogP contribution < -0.4 is 21.3 Å². The van der Waals surface area contributed by atoms with Crippen molar-refractivity contribution in [3.8, 4) is 5.75 Å². The SMILES string of the molecule is Cc1ccc(OCC(O)Cn2c(NCCCO)nc3c2c(=O)[nH]c(=O)n3C)cc1C. The number of imidazole rings is 1. The summed E-state index contributed by atoms with van der Waals surface area (Å²) in [6.07, 6.45) is -0.448. The van der Waals surface area contributed by atoms with E-state index in [-0.39, 0.29) is 30.9 Å². The molecule has 0 bridgehead atoms. The lowest BCUT2D eigenvalue weighted by Gasteiger charge is -2.16. The average Bonchev–Trinajstić information content (AvgIpc) is 3.06. The zero-order chi connectivity index (χ0) is 21.8. The Hall–Kier alpha value is -3.11. The zero-order valence-corrected chi connectivity index (χ0v) is 17.3. The molecule has 0 amide bonds. The van der Waals surface area contributed by atoms with Crippen LogP contribution in [-0.4, -0.2) is 55.2 Å². The van der Waals surface area contributed by atoms with Gasteiger partial charge in [0.05, 0.1) is 6.54 Å². The number of hydrogen-bond donors (Lipinski definition) is 4. The van der Waals surface area contributed by atoms with Crippen molar-refractivity contribution in [2.24, 2.45) is 7.05 Å². The summed E-state index contributed by atoms with van der Waals surface area (Å²) in [5.41, 5.74) is 1.46. The third-order valence-electron chi connectivity index (χ3n) is 4.94. The van der Waals surface area contributed by atoms with Gasteiger partial charge in [0, 0.05) is 20.2 Å². The predicted molar refractivity (Wildman–Crippen MR) is 113 cm³/mol. The third-order valence-corrected chi connectivity index (χ3v) is 4.94. The van der Waals surface area contributed by atoms with E-state index < -0.39 is 17.4 Å². The Kier molecular flexibility index (Phi) is 6.58. The van der Waals surface area contributed by atoms with Gasteiger partial charge in [-0.1, -0.05) is 6.07 Å². The first-order valence-corrected chi connectivity index (χ1v) is 9.74. The molecule has 4 N–H and O–H groups in total. The molecule has 1 aromatic carbocycles. The summed E-state index contributed by atoms with van der Waals surface area (Å²) in [5.74, 6) is 0.976. The van der Waals surface area contributed by atoms with Crippen molar-refractivity contribution in [1.82, 2.24) is 19.1 Å². The van der Waals surface area contributed by atoms with Gasteiger partial charge in [0.15, 0.2) is 11.2 Å². The van der Waals surface area contributed by atoms with E-state index in [1.165, 1.54) is 16.2 Å². The van der Waals surface area contributed by atoms with Crippen LogP contribution in [-0.2, 0) is 13.6 Å². The fraction of sp³-hybridized carbons (Fsp3) is 0.450. The van der Waals surface area contributed by atoms with Crippen LogP contribution in [0, 0.1) is 13.8 Å². The van der Waals surface area contributed by atoms with Crippen molar-refractivity contribution < 1.29 is 14.9 Å². The van der Waals surface area contributed by atoms with Gasteiger partial charge in [-0.25, -0.2) is 4.79 Å². The van der Waals surface area contributed by atoms with Gasteiger partial charge in [0.2, 0.25) is 5.95 Å². The maximum Gasteiger partial charge on any atom is 0.329 e. The number of rotatable bonds is 9. The molecule has 0 aliphatic rings. The van der Waals surface area contributed by atoms with E-state index >= 15 is 0 Å². The van der Waals surface area contributed by atoms with E-state index in [1.54, 1.807) is 0 Å². The number of ether oxygens (including phenoxy) is 1. The van der Waals surface area contributed by atoms with Crippen molar-refractivity contribution >= 4 is 17.1 Å². The number of hydrogen-bond acceptors (Lipinski definition) is 7. The molecule has 0 aliphatic carbocycles. The Morgan fingerprint density at radius 2 is 2.03 bits per heavy atom. The summed E-state index contributed by atoms with van der Waals surface area (Å²) >= 11 is 0. The van der Waals surface area contributed by atoms with E-state index in [2.05, 4.69) is 15.3 Å². The molecule has 3 rings (SSSR count). The fourth-order valence-electron chi connectivity index (χ4n) is 3.09. The molecule has 3 aromatic rings. The maximum absolute atomic E-state index is 12.4. The normalized spacial score (nSPS) is 12.3. The Labute approximate surface area is 172 Å². The highest BCUT2D eigenvalue weighted by Gasteiger charge is 2.19. The van der Waals surface area contributed by atoms with Gasteiger partial charge in [-0.2, -0.15) is 4.98 Å². The lowest BCUT2D eigenvalue weighted by molar-refractivity contribution is 0.0938. The average molecular weight is 417 g/mol. The molecule has 2 aromatic heterocycles. The molecule has 1 unspecified atom stereocenters. The Morgan fingerprint density at radius 1 is 1.27 bits per heavy atom. The van der Waals surface area contributed by atoms with Gasteiger partial charge in [-0.15, -0.1) is 0 Å². The molecular formula is C20H27N5O5. The van der Waals surface area contributed by atoms with E-state index in [9.17, 15) is 14.7 Å². The van der Waals surface area contributed by atoms with E-state index in [1.807, 2.05) is 32.0 Å². The largest absolute Gasteiger partial charge is 0.491 e. The molecule has 162 valence electrons. The van der Waals surface area contributed by atoms with Gasteiger partial charge >= 0.3 is 5.69 Å². The predicted octanol–water partition coefficient (Wildman–Crippen LogP) is 0.274. The summed E-state index contributed by atoms with van der Waals surface area (Å²) in [6.45, 7) is 4.46. The maximum atomic E-state index is 12.4. The first-order chi connectivity index (χ1) is 14.3. The number of aliphatic hydroxyl groups excluding tert-OH is 2. The van der Waals surface area contributed by atoms with Crippen LogP contribution in [0.5, 0.6) is 5.75 Å². The minimum Gasteiger partial charge on any atom is -0.491 e. The number of benzene rings is 1. The molecule has 10 heteroatoms. The van der Waals surface area contributed by atoms with Gasteiger partial charge in [0.25, 0.3) is 5.56 Å². The van der Waals surface area contributed by atoms with Gasteiger partial charge < -0.3 is 24.8 Å².